The summed E-state index contributed by atoms with van der Waals surface area (Å²) in [5.41, 5.74) is 13.8. The van der Waals surface area contributed by atoms with E-state index in [1.165, 1.54) is 27.8 Å². The van der Waals surface area contributed by atoms with E-state index in [1.54, 1.807) is 0 Å². The van der Waals surface area contributed by atoms with E-state index in [2.05, 4.69) is 127 Å². The molecule has 0 fully saturated rings. The van der Waals surface area contributed by atoms with E-state index < -0.39 is 0 Å². The highest BCUT2D eigenvalue weighted by atomic mass is 16.3. The van der Waals surface area contributed by atoms with Gasteiger partial charge in [-0.1, -0.05) is 176 Å². The lowest BCUT2D eigenvalue weighted by Crippen LogP contribution is -2.00. The highest BCUT2D eigenvalue weighted by Crippen LogP contribution is 2.40. The number of aromatic nitrogens is 3. The Morgan fingerprint density at radius 3 is 1.33 bits per heavy atom. The van der Waals surface area contributed by atoms with Crippen molar-refractivity contribution in [1.82, 2.24) is 15.0 Å². The molecule has 8 aromatic carbocycles. The van der Waals surface area contributed by atoms with Gasteiger partial charge in [0.15, 0.2) is 17.5 Å². The smallest absolute Gasteiger partial charge is 0.164 e. The zero-order chi connectivity index (χ0) is 36.6. The minimum atomic E-state index is 0.601. The van der Waals surface area contributed by atoms with Crippen LogP contribution in [0.5, 0.6) is 0 Å². The molecule has 0 unspecified atom stereocenters. The molecule has 0 aliphatic rings. The van der Waals surface area contributed by atoms with Crippen LogP contribution in [-0.2, 0) is 0 Å². The first-order valence-electron chi connectivity index (χ1n) is 18.4. The number of benzene rings is 8. The molecule has 0 saturated carbocycles. The second-order valence-corrected chi connectivity index (χ2v) is 13.6. The number of hydrogen-bond donors (Lipinski definition) is 0. The molecule has 0 radical (unpaired) electrons. The largest absolute Gasteiger partial charge is 0.456 e. The van der Waals surface area contributed by atoms with Gasteiger partial charge in [0.1, 0.15) is 11.2 Å². The van der Waals surface area contributed by atoms with Gasteiger partial charge in [-0.25, -0.2) is 15.0 Å². The third-order valence-electron chi connectivity index (χ3n) is 10.2. The lowest BCUT2D eigenvalue weighted by molar-refractivity contribution is 0.669. The summed E-state index contributed by atoms with van der Waals surface area (Å²) in [5, 5.41) is 1.99. The summed E-state index contributed by atoms with van der Waals surface area (Å²) in [7, 11) is 0. The van der Waals surface area contributed by atoms with Crippen molar-refractivity contribution in [2.75, 3.05) is 0 Å². The number of rotatable bonds is 7. The summed E-state index contributed by atoms with van der Waals surface area (Å²) in [6, 6.07) is 69.5. The fraction of sp³-hybridized carbons (Fsp3) is 0. The van der Waals surface area contributed by atoms with Gasteiger partial charge in [-0.3, -0.25) is 0 Å². The Morgan fingerprint density at radius 1 is 0.273 bits per heavy atom. The zero-order valence-corrected chi connectivity index (χ0v) is 29.8. The van der Waals surface area contributed by atoms with Crippen molar-refractivity contribution in [2.45, 2.75) is 0 Å². The Hall–Kier alpha value is -7.43. The maximum absolute atomic E-state index is 6.43. The van der Waals surface area contributed by atoms with Crippen LogP contribution < -0.4 is 0 Å². The van der Waals surface area contributed by atoms with Crippen LogP contribution >= 0.6 is 0 Å². The first-order chi connectivity index (χ1) is 27.2. The fourth-order valence-corrected chi connectivity index (χ4v) is 7.43. The van der Waals surface area contributed by atoms with Crippen molar-refractivity contribution < 1.29 is 4.42 Å². The third-order valence-corrected chi connectivity index (χ3v) is 10.2. The Morgan fingerprint density at radius 2 is 0.745 bits per heavy atom. The lowest BCUT2D eigenvalue weighted by Gasteiger charge is -2.13. The van der Waals surface area contributed by atoms with Gasteiger partial charge in [-0.2, -0.15) is 0 Å². The first kappa shape index (κ1) is 32.2. The Kier molecular flexibility index (Phi) is 8.12. The molecule has 0 aliphatic carbocycles. The summed E-state index contributed by atoms with van der Waals surface area (Å²) in [6.07, 6.45) is 0. The first-order valence-corrected chi connectivity index (χ1v) is 18.4. The predicted octanol–water partition coefficient (Wildman–Crippen LogP) is 13.4. The average molecular weight is 704 g/mol. The van der Waals surface area contributed by atoms with Crippen LogP contribution in [-0.4, -0.2) is 15.0 Å². The van der Waals surface area contributed by atoms with Crippen molar-refractivity contribution in [3.05, 3.63) is 200 Å². The molecular weight excluding hydrogens is 671 g/mol. The number of fused-ring (bicyclic) bond motifs is 3. The van der Waals surface area contributed by atoms with E-state index in [4.69, 9.17) is 19.4 Å². The summed E-state index contributed by atoms with van der Waals surface area (Å²) >= 11 is 0. The van der Waals surface area contributed by atoms with Crippen LogP contribution in [0.25, 0.3) is 101 Å². The molecule has 0 bridgehead atoms. The second-order valence-electron chi connectivity index (χ2n) is 13.6. The van der Waals surface area contributed by atoms with Gasteiger partial charge in [-0.15, -0.1) is 0 Å². The molecule has 0 amide bonds. The van der Waals surface area contributed by atoms with Gasteiger partial charge in [0.25, 0.3) is 0 Å². The van der Waals surface area contributed by atoms with Crippen molar-refractivity contribution in [3.63, 3.8) is 0 Å². The van der Waals surface area contributed by atoms with E-state index in [1.807, 2.05) is 72.8 Å². The third kappa shape index (κ3) is 6.16. The van der Waals surface area contributed by atoms with Crippen molar-refractivity contribution >= 4 is 21.9 Å². The molecule has 0 saturated heterocycles. The lowest BCUT2D eigenvalue weighted by atomic mass is 9.90. The second kappa shape index (κ2) is 13.8. The van der Waals surface area contributed by atoms with Gasteiger partial charge in [0.05, 0.1) is 0 Å². The van der Waals surface area contributed by atoms with Crippen LogP contribution in [0.3, 0.4) is 0 Å². The van der Waals surface area contributed by atoms with Crippen LogP contribution in [0.15, 0.2) is 205 Å². The minimum Gasteiger partial charge on any atom is -0.456 e. The molecule has 10 aromatic rings. The molecule has 4 heteroatoms. The van der Waals surface area contributed by atoms with E-state index in [0.29, 0.717) is 17.5 Å². The van der Waals surface area contributed by atoms with Gasteiger partial charge >= 0.3 is 0 Å². The molecule has 0 aliphatic heterocycles. The van der Waals surface area contributed by atoms with E-state index in [9.17, 15) is 0 Å². The fourth-order valence-electron chi connectivity index (χ4n) is 7.43. The highest BCUT2D eigenvalue weighted by molar-refractivity contribution is 6.12. The van der Waals surface area contributed by atoms with E-state index >= 15 is 0 Å². The minimum absolute atomic E-state index is 0.601. The Bertz CT molecular complexity index is 2880. The molecule has 55 heavy (non-hydrogen) atoms. The van der Waals surface area contributed by atoms with E-state index in [-0.39, 0.29) is 0 Å². The number of furan rings is 1. The summed E-state index contributed by atoms with van der Waals surface area (Å²) in [4.78, 5) is 15.0. The highest BCUT2D eigenvalue weighted by Gasteiger charge is 2.18. The Balaban J connectivity index is 1.05. The summed E-state index contributed by atoms with van der Waals surface area (Å²) in [6.45, 7) is 0. The molecular formula is C51H33N3O. The van der Waals surface area contributed by atoms with Crippen LogP contribution in [0.2, 0.25) is 0 Å². The monoisotopic (exact) mass is 703 g/mol. The number of nitrogens with zero attached hydrogens (tertiary/aromatic N) is 3. The maximum atomic E-state index is 6.43. The Labute approximate surface area is 319 Å². The zero-order valence-electron chi connectivity index (χ0n) is 29.8. The molecule has 258 valence electrons. The molecule has 10 rings (SSSR count). The van der Waals surface area contributed by atoms with Gasteiger partial charge in [-0.05, 0) is 68.8 Å². The van der Waals surface area contributed by atoms with Crippen molar-refractivity contribution in [1.29, 1.82) is 0 Å². The summed E-state index contributed by atoms with van der Waals surface area (Å²) in [5.74, 6) is 1.85. The SMILES string of the molecule is c1ccc(-c2nc(-c3ccccc3)nc(-c3cccc4oc5ccc(-c6ccc(-c7ccc(-c8ccccc8)c(-c8ccccc8)c7)cc6)cc5c34)n2)cc1. The normalized spacial score (nSPS) is 11.3. The standard InChI is InChI=1S/C51H33N3O/c1-5-14-36(15-6-1)42-30-28-40(32-44(42)37-16-7-2-8-17-37)34-24-26-35(27-25-34)41-29-31-46-45(33-41)48-43(22-13-23-47(48)55-46)51-53-49(38-18-9-3-10-19-38)52-50(54-51)39-20-11-4-12-21-39/h1-33H. The van der Waals surface area contributed by atoms with E-state index in [0.717, 1.165) is 55.3 Å². The van der Waals surface area contributed by atoms with Crippen molar-refractivity contribution in [2.24, 2.45) is 0 Å². The molecule has 2 aromatic heterocycles. The van der Waals surface area contributed by atoms with Crippen molar-refractivity contribution in [3.8, 4) is 78.7 Å². The van der Waals surface area contributed by atoms with Crippen LogP contribution in [0.4, 0.5) is 0 Å². The van der Waals surface area contributed by atoms with Crippen LogP contribution in [0, 0.1) is 0 Å². The average Bonchev–Trinajstić information content (AvgIpc) is 3.66. The maximum Gasteiger partial charge on any atom is 0.164 e. The molecule has 0 atom stereocenters. The predicted molar refractivity (Wildman–Crippen MR) is 225 cm³/mol. The quantitative estimate of drug-likeness (QED) is 0.166. The van der Waals surface area contributed by atoms with Gasteiger partial charge in [0, 0.05) is 27.5 Å². The molecule has 0 spiro atoms. The topological polar surface area (TPSA) is 51.8 Å². The summed E-state index contributed by atoms with van der Waals surface area (Å²) < 4.78 is 6.43. The molecule has 4 nitrogen and oxygen atoms in total. The van der Waals surface area contributed by atoms with Gasteiger partial charge < -0.3 is 4.42 Å². The van der Waals surface area contributed by atoms with Gasteiger partial charge in [0.2, 0.25) is 0 Å². The van der Waals surface area contributed by atoms with Crippen LogP contribution in [0.1, 0.15) is 0 Å². The molecule has 2 heterocycles. The molecule has 0 N–H and O–H groups in total. The number of hydrogen-bond acceptors (Lipinski definition) is 4.